The largest absolute Gasteiger partial charge is 0.292 e. The van der Waals surface area contributed by atoms with Crippen molar-refractivity contribution in [3.05, 3.63) is 431 Å². The monoisotopic (exact) mass is 1780 g/mol. The maximum atomic E-state index is 5.28. The van der Waals surface area contributed by atoms with E-state index in [4.69, 9.17) is 29.9 Å². The highest BCUT2D eigenvalue weighted by Gasteiger charge is 2.36. The molecular formula is C124H72N16. The summed E-state index contributed by atoms with van der Waals surface area (Å²) in [6, 6.07) is 93.5. The van der Waals surface area contributed by atoms with Crippen molar-refractivity contribution >= 4 is 154 Å². The molecule has 0 atom stereocenters. The summed E-state index contributed by atoms with van der Waals surface area (Å²) in [6.45, 7) is 0. The molecule has 16 nitrogen and oxygen atoms in total. The number of fused-ring (bicyclic) bond motifs is 60. The fourth-order valence-corrected chi connectivity index (χ4v) is 25.8. The molecule has 648 valence electrons. The lowest BCUT2D eigenvalue weighted by molar-refractivity contribution is 1.22. The van der Waals surface area contributed by atoms with E-state index in [1.165, 1.54) is 178 Å². The molecule has 0 amide bonds. The summed E-state index contributed by atoms with van der Waals surface area (Å²) < 4.78 is 9.14. The number of pyridine rings is 12. The summed E-state index contributed by atoms with van der Waals surface area (Å²) in [6.07, 6.45) is 34.2. The van der Waals surface area contributed by atoms with Crippen LogP contribution in [0.25, 0.3) is 243 Å². The van der Waals surface area contributed by atoms with Crippen LogP contribution in [0.1, 0.15) is 89.0 Å². The first-order chi connectivity index (χ1) is 69.4. The topological polar surface area (TPSA) is 172 Å². The summed E-state index contributed by atoms with van der Waals surface area (Å²) >= 11 is 0. The van der Waals surface area contributed by atoms with E-state index in [1.807, 2.05) is 98.9 Å². The van der Waals surface area contributed by atoms with E-state index in [2.05, 4.69) is 290 Å². The van der Waals surface area contributed by atoms with Gasteiger partial charge in [0.2, 0.25) is 0 Å². The number of hydrogen-bond acceptors (Lipinski definition) is 12. The van der Waals surface area contributed by atoms with Gasteiger partial charge < -0.3 is 0 Å². The predicted molar refractivity (Wildman–Crippen MR) is 559 cm³/mol. The van der Waals surface area contributed by atoms with Gasteiger partial charge in [-0.2, -0.15) is 0 Å². The van der Waals surface area contributed by atoms with Crippen LogP contribution < -0.4 is 0 Å². The molecule has 0 saturated heterocycles. The molecule has 8 aliphatic carbocycles. The Morgan fingerprint density at radius 3 is 0.864 bits per heavy atom. The number of hydrogen-bond donors (Lipinski definition) is 0. The molecule has 28 aromatic rings. The molecule has 0 spiro atoms. The summed E-state index contributed by atoms with van der Waals surface area (Å²) in [5.74, 6) is 0. The van der Waals surface area contributed by atoms with Crippen LogP contribution in [0.5, 0.6) is 0 Å². The molecule has 8 aliphatic rings. The van der Waals surface area contributed by atoms with Gasteiger partial charge in [0.15, 0.2) is 5.65 Å². The van der Waals surface area contributed by atoms with E-state index in [1.54, 1.807) is 0 Å². The Hall–Kier alpha value is -18.3. The first kappa shape index (κ1) is 75.1. The summed E-state index contributed by atoms with van der Waals surface area (Å²) in [5.41, 5.74) is 63.3. The zero-order chi connectivity index (χ0) is 90.7. The van der Waals surface area contributed by atoms with Crippen molar-refractivity contribution in [1.82, 2.24) is 77.4 Å². The molecule has 140 heavy (non-hydrogen) atoms. The number of nitrogens with zero attached hydrogens (tertiary/aromatic N) is 16. The van der Waals surface area contributed by atoms with Crippen LogP contribution in [0.15, 0.2) is 342 Å². The zero-order valence-electron chi connectivity index (χ0n) is 75.1. The molecule has 0 unspecified atom stereocenters. The third kappa shape index (κ3) is 10.3. The van der Waals surface area contributed by atoms with E-state index in [0.717, 1.165) is 205 Å². The Labute approximate surface area is 796 Å². The summed E-state index contributed by atoms with van der Waals surface area (Å²) in [4.78, 5) is 56.9. The molecule has 16 heterocycles. The lowest BCUT2D eigenvalue weighted by Crippen LogP contribution is -1.93. The number of benzene rings is 12. The van der Waals surface area contributed by atoms with Gasteiger partial charge in [0.25, 0.3) is 0 Å². The second-order valence-electron chi connectivity index (χ2n) is 38.8. The van der Waals surface area contributed by atoms with Crippen molar-refractivity contribution in [2.24, 2.45) is 0 Å². The van der Waals surface area contributed by atoms with Crippen molar-refractivity contribution in [3.8, 4) is 89.0 Å². The SMILES string of the molecule is c1ccc2c(c1)Cc1cc3c(cc1-2)-c1ccc2c(nc4c5cccnc5c5cnccc5n24)c1C3.c1ccc2c(c1)Cc1cc3c(cc1-2)-c1ccc2c(nc4c5ccncc5c5cnccc5n24)c1C3.c1ccc2c(c1)Cc1cc3c(cc1-2)-c1ccc2c(nc4c5cnccc5c5cnccc5n24)c1C3.c1ccc2c(c1)Cc1cc3c(cc1-2)-c1ccc2c(nc4c5ncccc5c5cnccc5n24)c1C3. The number of rotatable bonds is 0. The third-order valence-corrected chi connectivity index (χ3v) is 31.9. The van der Waals surface area contributed by atoms with Gasteiger partial charge in [-0.15, -0.1) is 0 Å². The average molecular weight is 1790 g/mol. The van der Waals surface area contributed by atoms with Crippen molar-refractivity contribution in [2.75, 3.05) is 0 Å². The van der Waals surface area contributed by atoms with Crippen LogP contribution in [0.3, 0.4) is 0 Å². The third-order valence-electron chi connectivity index (χ3n) is 31.9. The summed E-state index contributed by atoms with van der Waals surface area (Å²) in [5, 5.41) is 10.9. The molecule has 0 saturated carbocycles. The predicted octanol–water partition coefficient (Wildman–Crippen LogP) is 26.9. The first-order valence-electron chi connectivity index (χ1n) is 48.1. The standard InChI is InChI=1S/4C31H18N4/c1-2-5-20-17(4-1)12-18-13-19-14-25-21(24(19)15-23(18)20)7-8-28-30(25)34-31-22-6-3-10-33-29(22)26-16-32-11-9-27(26)35(28)31;1-2-5-20-17(4-1)12-18-13-19-14-25-21(24(19)15-23(18)20)7-8-28-29(25)34-31-30-22(6-3-10-33-30)26-16-32-11-9-27(26)35(28)31;1-2-4-20-17(3-1)11-18-12-19-13-25-21(24(19)14-23(18)20)5-6-29-30(25)34-31-22-7-9-32-15-26(22)27-16-33-10-8-28(27)35(29)31;1-2-4-20-17(3-1)11-18-12-19-13-25-21(24(19)14-23(18)20)5-6-29-30(25)34-31-27-16-32-9-7-22(27)26-15-33-10-8-28(26)35(29)31/h2*1-11,13,15-16H,12,14H2;2*1-10,12,14-16H,11,13H2. The maximum Gasteiger partial charge on any atom is 0.165 e. The van der Waals surface area contributed by atoms with E-state index < -0.39 is 0 Å². The first-order valence-corrected chi connectivity index (χ1v) is 48.1. The molecule has 12 aromatic carbocycles. The minimum atomic E-state index is 0.912. The minimum absolute atomic E-state index is 0.912. The van der Waals surface area contributed by atoms with Gasteiger partial charge in [0.05, 0.1) is 71.7 Å². The van der Waals surface area contributed by atoms with E-state index in [-0.39, 0.29) is 0 Å². The molecule has 0 fully saturated rings. The lowest BCUT2D eigenvalue weighted by Gasteiger charge is -2.08. The number of aromatic nitrogens is 16. The van der Waals surface area contributed by atoms with Gasteiger partial charge >= 0.3 is 0 Å². The van der Waals surface area contributed by atoms with Crippen molar-refractivity contribution in [2.45, 2.75) is 51.4 Å². The summed E-state index contributed by atoms with van der Waals surface area (Å²) in [7, 11) is 0. The van der Waals surface area contributed by atoms with Crippen molar-refractivity contribution in [1.29, 1.82) is 0 Å². The van der Waals surface area contributed by atoms with Crippen LogP contribution in [0.4, 0.5) is 0 Å². The van der Waals surface area contributed by atoms with Gasteiger partial charge in [-0.3, -0.25) is 57.5 Å². The van der Waals surface area contributed by atoms with E-state index in [9.17, 15) is 0 Å². The fourth-order valence-electron chi connectivity index (χ4n) is 25.8. The second kappa shape index (κ2) is 27.7. The fraction of sp³-hybridized carbons (Fsp3) is 0.0645. The lowest BCUT2D eigenvalue weighted by atomic mass is 9.98. The van der Waals surface area contributed by atoms with E-state index >= 15 is 0 Å². The van der Waals surface area contributed by atoms with Gasteiger partial charge in [-0.05, 0) is 312 Å². The quantitative estimate of drug-likeness (QED) is 0.132. The second-order valence-corrected chi connectivity index (χ2v) is 38.8. The number of imidazole rings is 4. The normalized spacial score (nSPS) is 13.5. The zero-order valence-corrected chi connectivity index (χ0v) is 75.1. The highest BCUT2D eigenvalue weighted by molar-refractivity contribution is 6.18. The smallest absolute Gasteiger partial charge is 0.165 e. The van der Waals surface area contributed by atoms with Crippen molar-refractivity contribution in [3.63, 3.8) is 0 Å². The molecule has 36 rings (SSSR count). The Balaban J connectivity index is 0.0000000829. The Morgan fingerprint density at radius 2 is 0.450 bits per heavy atom. The van der Waals surface area contributed by atoms with Crippen LogP contribution in [0.2, 0.25) is 0 Å². The van der Waals surface area contributed by atoms with Gasteiger partial charge in [-0.1, -0.05) is 152 Å². The Bertz CT molecular complexity index is 9460. The Kier molecular flexibility index (Phi) is 14.9. The van der Waals surface area contributed by atoms with Gasteiger partial charge in [0, 0.05) is 161 Å². The van der Waals surface area contributed by atoms with Crippen LogP contribution in [-0.4, -0.2) is 77.4 Å². The molecule has 0 radical (unpaired) electrons. The highest BCUT2D eigenvalue weighted by Crippen LogP contribution is 2.54. The molecule has 0 N–H and O–H groups in total. The minimum Gasteiger partial charge on any atom is -0.292 e. The van der Waals surface area contributed by atoms with E-state index in [0.29, 0.717) is 0 Å². The molecule has 16 heteroatoms. The maximum absolute atomic E-state index is 5.28. The average Bonchev–Trinajstić information content (AvgIpc) is 1.55. The molecule has 0 aliphatic heterocycles. The molecule has 0 bridgehead atoms. The molecule has 16 aromatic heterocycles. The van der Waals surface area contributed by atoms with Crippen LogP contribution in [0, 0.1) is 0 Å². The molecular weight excluding hydrogens is 1710 g/mol. The van der Waals surface area contributed by atoms with Crippen molar-refractivity contribution < 1.29 is 0 Å². The Morgan fingerprint density at radius 1 is 0.157 bits per heavy atom. The van der Waals surface area contributed by atoms with Gasteiger partial charge in [-0.25, -0.2) is 19.9 Å². The van der Waals surface area contributed by atoms with Crippen LogP contribution >= 0.6 is 0 Å². The highest BCUT2D eigenvalue weighted by atomic mass is 15.1. The van der Waals surface area contributed by atoms with Crippen LogP contribution in [-0.2, 0) is 51.4 Å². The van der Waals surface area contributed by atoms with Gasteiger partial charge in [0.1, 0.15) is 22.5 Å².